The summed E-state index contributed by atoms with van der Waals surface area (Å²) in [6.07, 6.45) is 2.18. The van der Waals surface area contributed by atoms with Gasteiger partial charge in [0.25, 0.3) is 0 Å². The SMILES string of the molecule is CCOC(=O)CCN1CCC(OC(c2ccccc2)c2ccc(F)cc2)CC1. The van der Waals surface area contributed by atoms with Gasteiger partial charge < -0.3 is 14.4 Å². The zero-order chi connectivity index (χ0) is 19.8. The second-order valence-corrected chi connectivity index (χ2v) is 7.07. The van der Waals surface area contributed by atoms with E-state index in [-0.39, 0.29) is 24.0 Å². The molecule has 0 spiro atoms. The van der Waals surface area contributed by atoms with Crippen molar-refractivity contribution < 1.29 is 18.7 Å². The number of nitrogens with zero attached hydrogens (tertiary/aromatic N) is 1. The fraction of sp³-hybridized carbons (Fsp3) is 0.435. The molecule has 4 nitrogen and oxygen atoms in total. The minimum absolute atomic E-state index is 0.133. The number of likely N-dealkylation sites (tertiary alicyclic amines) is 1. The van der Waals surface area contributed by atoms with Gasteiger partial charge >= 0.3 is 5.97 Å². The highest BCUT2D eigenvalue weighted by Crippen LogP contribution is 2.30. The third kappa shape index (κ3) is 5.88. The number of esters is 1. The summed E-state index contributed by atoms with van der Waals surface area (Å²) in [6, 6.07) is 16.6. The van der Waals surface area contributed by atoms with E-state index in [1.54, 1.807) is 12.1 Å². The van der Waals surface area contributed by atoms with Crippen LogP contribution in [0.25, 0.3) is 0 Å². The number of piperidine rings is 1. The van der Waals surface area contributed by atoms with E-state index in [1.807, 2.05) is 37.3 Å². The smallest absolute Gasteiger partial charge is 0.307 e. The van der Waals surface area contributed by atoms with E-state index in [4.69, 9.17) is 9.47 Å². The summed E-state index contributed by atoms with van der Waals surface area (Å²) in [5, 5.41) is 0. The van der Waals surface area contributed by atoms with E-state index in [0.29, 0.717) is 13.0 Å². The topological polar surface area (TPSA) is 38.8 Å². The number of halogens is 1. The highest BCUT2D eigenvalue weighted by atomic mass is 19.1. The van der Waals surface area contributed by atoms with Crippen LogP contribution in [0, 0.1) is 5.82 Å². The maximum absolute atomic E-state index is 13.4. The number of ether oxygens (including phenoxy) is 2. The first-order chi connectivity index (χ1) is 13.7. The van der Waals surface area contributed by atoms with Gasteiger partial charge in [0.1, 0.15) is 11.9 Å². The van der Waals surface area contributed by atoms with Crippen molar-refractivity contribution in [2.75, 3.05) is 26.2 Å². The van der Waals surface area contributed by atoms with Crippen LogP contribution in [-0.2, 0) is 14.3 Å². The Bertz CT molecular complexity index is 727. The zero-order valence-electron chi connectivity index (χ0n) is 16.4. The molecule has 0 bridgehead atoms. The Morgan fingerprint density at radius 1 is 1.07 bits per heavy atom. The fourth-order valence-corrected chi connectivity index (χ4v) is 3.56. The second-order valence-electron chi connectivity index (χ2n) is 7.07. The molecule has 1 unspecified atom stereocenters. The summed E-state index contributed by atoms with van der Waals surface area (Å²) >= 11 is 0. The van der Waals surface area contributed by atoms with E-state index >= 15 is 0 Å². The van der Waals surface area contributed by atoms with Crippen LogP contribution in [0.15, 0.2) is 54.6 Å². The summed E-state index contributed by atoms with van der Waals surface area (Å²) in [7, 11) is 0. The Morgan fingerprint density at radius 3 is 2.36 bits per heavy atom. The molecule has 1 aliphatic rings. The molecule has 0 saturated carbocycles. The largest absolute Gasteiger partial charge is 0.466 e. The van der Waals surface area contributed by atoms with Crippen LogP contribution < -0.4 is 0 Å². The van der Waals surface area contributed by atoms with Crippen molar-refractivity contribution in [2.24, 2.45) is 0 Å². The van der Waals surface area contributed by atoms with Gasteiger partial charge in [-0.2, -0.15) is 0 Å². The first-order valence-electron chi connectivity index (χ1n) is 9.99. The molecule has 1 heterocycles. The van der Waals surface area contributed by atoms with E-state index in [2.05, 4.69) is 4.90 Å². The van der Waals surface area contributed by atoms with Crippen LogP contribution in [0.1, 0.15) is 43.4 Å². The highest BCUT2D eigenvalue weighted by Gasteiger charge is 2.25. The molecule has 2 aromatic rings. The van der Waals surface area contributed by atoms with Gasteiger partial charge in [0.05, 0.1) is 19.1 Å². The lowest BCUT2D eigenvalue weighted by atomic mass is 10.00. The molecular formula is C23H28FNO3. The maximum Gasteiger partial charge on any atom is 0.307 e. The first-order valence-corrected chi connectivity index (χ1v) is 9.99. The Balaban J connectivity index is 1.58. The van der Waals surface area contributed by atoms with Gasteiger partial charge in [-0.1, -0.05) is 42.5 Å². The Labute approximate surface area is 166 Å². The molecular weight excluding hydrogens is 357 g/mol. The van der Waals surface area contributed by atoms with Gasteiger partial charge in [-0.3, -0.25) is 4.79 Å². The molecule has 2 aromatic carbocycles. The first kappa shape index (κ1) is 20.5. The molecule has 0 aliphatic carbocycles. The minimum Gasteiger partial charge on any atom is -0.466 e. The van der Waals surface area contributed by atoms with Crippen LogP contribution >= 0.6 is 0 Å². The molecule has 28 heavy (non-hydrogen) atoms. The molecule has 0 aromatic heterocycles. The van der Waals surface area contributed by atoms with Crippen molar-refractivity contribution in [2.45, 2.75) is 38.4 Å². The fourth-order valence-electron chi connectivity index (χ4n) is 3.56. The molecule has 0 N–H and O–H groups in total. The predicted octanol–water partition coefficient (Wildman–Crippen LogP) is 4.35. The number of rotatable bonds is 8. The van der Waals surface area contributed by atoms with Crippen molar-refractivity contribution in [3.05, 3.63) is 71.5 Å². The average Bonchev–Trinajstić information content (AvgIpc) is 2.73. The highest BCUT2D eigenvalue weighted by molar-refractivity contribution is 5.69. The summed E-state index contributed by atoms with van der Waals surface area (Å²) < 4.78 is 24.8. The van der Waals surface area contributed by atoms with Crippen molar-refractivity contribution in [3.63, 3.8) is 0 Å². The Hall–Kier alpha value is -2.24. The number of benzene rings is 2. The van der Waals surface area contributed by atoms with E-state index in [9.17, 15) is 9.18 Å². The molecule has 1 fully saturated rings. The van der Waals surface area contributed by atoms with Crippen molar-refractivity contribution >= 4 is 5.97 Å². The summed E-state index contributed by atoms with van der Waals surface area (Å²) in [5.74, 6) is -0.383. The Kier molecular flexibility index (Phi) is 7.57. The van der Waals surface area contributed by atoms with Crippen LogP contribution in [0.2, 0.25) is 0 Å². The van der Waals surface area contributed by atoms with Crippen LogP contribution in [0.3, 0.4) is 0 Å². The lowest BCUT2D eigenvalue weighted by molar-refractivity contribution is -0.143. The average molecular weight is 385 g/mol. The Morgan fingerprint density at radius 2 is 1.71 bits per heavy atom. The molecule has 150 valence electrons. The third-order valence-corrected chi connectivity index (χ3v) is 5.08. The monoisotopic (exact) mass is 385 g/mol. The maximum atomic E-state index is 13.4. The number of carbonyl (C=O) groups is 1. The molecule has 1 atom stereocenters. The quantitative estimate of drug-likeness (QED) is 0.634. The zero-order valence-corrected chi connectivity index (χ0v) is 16.4. The van der Waals surface area contributed by atoms with E-state index in [0.717, 1.165) is 43.6 Å². The van der Waals surface area contributed by atoms with Crippen LogP contribution in [0.5, 0.6) is 0 Å². The molecule has 0 amide bonds. The molecule has 1 aliphatic heterocycles. The lowest BCUT2D eigenvalue weighted by Gasteiger charge is -2.34. The van der Waals surface area contributed by atoms with Gasteiger partial charge in [-0.25, -0.2) is 4.39 Å². The number of carbonyl (C=O) groups excluding carboxylic acids is 1. The van der Waals surface area contributed by atoms with Crippen molar-refractivity contribution in [3.8, 4) is 0 Å². The molecule has 0 radical (unpaired) electrons. The van der Waals surface area contributed by atoms with Crippen LogP contribution in [-0.4, -0.2) is 43.2 Å². The number of hydrogen-bond donors (Lipinski definition) is 0. The summed E-state index contributed by atoms with van der Waals surface area (Å²) in [5.41, 5.74) is 2.02. The molecule has 3 rings (SSSR count). The van der Waals surface area contributed by atoms with E-state index < -0.39 is 0 Å². The minimum atomic E-state index is -0.245. The molecule has 5 heteroatoms. The summed E-state index contributed by atoms with van der Waals surface area (Å²) in [6.45, 7) is 4.78. The van der Waals surface area contributed by atoms with Crippen molar-refractivity contribution in [1.29, 1.82) is 0 Å². The normalized spacial score (nSPS) is 16.6. The van der Waals surface area contributed by atoms with Gasteiger partial charge in [0, 0.05) is 19.6 Å². The lowest BCUT2D eigenvalue weighted by Crippen LogP contribution is -2.38. The number of hydrogen-bond acceptors (Lipinski definition) is 4. The summed E-state index contributed by atoms with van der Waals surface area (Å²) in [4.78, 5) is 13.8. The van der Waals surface area contributed by atoms with Gasteiger partial charge in [0.2, 0.25) is 0 Å². The standard InChI is InChI=1S/C23H28FNO3/c1-2-27-22(26)14-17-25-15-12-21(13-16-25)28-23(18-6-4-3-5-7-18)19-8-10-20(24)11-9-19/h3-11,21,23H,2,12-17H2,1H3. The van der Waals surface area contributed by atoms with Gasteiger partial charge in [-0.05, 0) is 43.0 Å². The predicted molar refractivity (Wildman–Crippen MR) is 106 cm³/mol. The van der Waals surface area contributed by atoms with Gasteiger partial charge in [-0.15, -0.1) is 0 Å². The second kappa shape index (κ2) is 10.3. The van der Waals surface area contributed by atoms with Crippen LogP contribution in [0.4, 0.5) is 4.39 Å². The van der Waals surface area contributed by atoms with Crippen molar-refractivity contribution in [1.82, 2.24) is 4.90 Å². The van der Waals surface area contributed by atoms with E-state index in [1.165, 1.54) is 12.1 Å². The molecule has 1 saturated heterocycles. The van der Waals surface area contributed by atoms with Gasteiger partial charge in [0.15, 0.2) is 0 Å². The third-order valence-electron chi connectivity index (χ3n) is 5.08.